The Balaban J connectivity index is 1.50. The Morgan fingerprint density at radius 1 is 1.05 bits per heavy atom. The van der Waals surface area contributed by atoms with Gasteiger partial charge in [0.1, 0.15) is 35.0 Å². The number of alkyl halides is 2. The molecule has 2 saturated heterocycles. The summed E-state index contributed by atoms with van der Waals surface area (Å²) in [6, 6.07) is 12.5. The van der Waals surface area contributed by atoms with Gasteiger partial charge in [-0.2, -0.15) is 8.78 Å². The van der Waals surface area contributed by atoms with Crippen LogP contribution in [-0.2, 0) is 4.79 Å². The van der Waals surface area contributed by atoms with Gasteiger partial charge in [0.25, 0.3) is 11.8 Å². The van der Waals surface area contributed by atoms with Crippen LogP contribution in [0.2, 0.25) is 0 Å². The van der Waals surface area contributed by atoms with Gasteiger partial charge >= 0.3 is 6.61 Å². The summed E-state index contributed by atoms with van der Waals surface area (Å²) < 4.78 is 51.0. The number of aromatic nitrogens is 1. The molecule has 3 aromatic rings. The SMILES string of the molecule is COc1cc(F)c([C@@H]2CN(c3cccc(N4CCN(C)CC4)n3)C(=O)[C@H]2N(C)C(=O)c2ccc(OC(F)F)cc2)c(I)c1. The lowest BCUT2D eigenvalue weighted by molar-refractivity contribution is -0.120. The summed E-state index contributed by atoms with van der Waals surface area (Å²) in [7, 11) is 4.98. The van der Waals surface area contributed by atoms with Gasteiger partial charge in [-0.3, -0.25) is 14.5 Å². The standard InChI is InChI=1S/C30H31F3IN5O4/c1-36-11-13-38(14-12-36)24-5-4-6-25(35-24)39-17-21(26-22(31)15-20(42-3)16-23(26)34)27(29(39)41)37(2)28(40)18-7-9-19(10-8-18)43-30(32)33/h4-10,15-16,21,27,30H,11-14,17H2,1-3H3/t21-,27-/m0/s1. The predicted octanol–water partition coefficient (Wildman–Crippen LogP) is 4.46. The van der Waals surface area contributed by atoms with Crippen molar-refractivity contribution < 1.29 is 32.2 Å². The van der Waals surface area contributed by atoms with Crippen molar-refractivity contribution in [1.29, 1.82) is 0 Å². The lowest BCUT2D eigenvalue weighted by atomic mass is 9.92. The Labute approximate surface area is 261 Å². The molecular formula is C30H31F3IN5O4. The fourth-order valence-electron chi connectivity index (χ4n) is 5.53. The summed E-state index contributed by atoms with van der Waals surface area (Å²) in [6.45, 7) is 0.434. The summed E-state index contributed by atoms with van der Waals surface area (Å²) in [5, 5.41) is 0. The summed E-state index contributed by atoms with van der Waals surface area (Å²) in [6.07, 6.45) is 0. The largest absolute Gasteiger partial charge is 0.497 e. The van der Waals surface area contributed by atoms with Crippen LogP contribution in [0, 0.1) is 9.39 Å². The first kappa shape index (κ1) is 30.9. The third kappa shape index (κ3) is 6.51. The molecule has 0 unspecified atom stereocenters. The number of nitrogens with zero attached hydrogens (tertiary/aromatic N) is 5. The van der Waals surface area contributed by atoms with Crippen molar-refractivity contribution >= 4 is 46.0 Å². The van der Waals surface area contributed by atoms with E-state index in [0.717, 1.165) is 32.0 Å². The second-order valence-corrected chi connectivity index (χ2v) is 11.6. The van der Waals surface area contributed by atoms with Crippen LogP contribution in [0.25, 0.3) is 0 Å². The Hall–Kier alpha value is -3.59. The zero-order valence-electron chi connectivity index (χ0n) is 23.8. The van der Waals surface area contributed by atoms with Crippen LogP contribution in [0.4, 0.5) is 24.8 Å². The minimum absolute atomic E-state index is 0.0841. The number of likely N-dealkylation sites (N-methyl/N-ethyl adjacent to an activating group) is 2. The molecule has 0 radical (unpaired) electrons. The summed E-state index contributed by atoms with van der Waals surface area (Å²) >= 11 is 2.01. The number of anilines is 2. The highest BCUT2D eigenvalue weighted by molar-refractivity contribution is 14.1. The third-order valence-electron chi connectivity index (χ3n) is 7.83. The minimum Gasteiger partial charge on any atom is -0.497 e. The molecule has 43 heavy (non-hydrogen) atoms. The number of benzene rings is 2. The van der Waals surface area contributed by atoms with E-state index in [4.69, 9.17) is 9.72 Å². The molecule has 13 heteroatoms. The molecule has 0 aliphatic carbocycles. The Bertz CT molecular complexity index is 1460. The maximum absolute atomic E-state index is 15.6. The number of halogens is 4. The van der Waals surface area contributed by atoms with Crippen LogP contribution in [0.3, 0.4) is 0 Å². The molecule has 9 nitrogen and oxygen atoms in total. The quantitative estimate of drug-likeness (QED) is 0.320. The first-order chi connectivity index (χ1) is 20.6. The van der Waals surface area contributed by atoms with Gasteiger partial charge in [0.2, 0.25) is 0 Å². The number of piperazine rings is 1. The second kappa shape index (κ2) is 13.0. The highest BCUT2D eigenvalue weighted by atomic mass is 127. The topological polar surface area (TPSA) is 78.5 Å². The van der Waals surface area contributed by atoms with Gasteiger partial charge in [-0.05, 0) is 72.1 Å². The number of hydrogen-bond donors (Lipinski definition) is 0. The number of hydrogen-bond acceptors (Lipinski definition) is 7. The van der Waals surface area contributed by atoms with E-state index in [-0.39, 0.29) is 23.4 Å². The van der Waals surface area contributed by atoms with Crippen molar-refractivity contribution in [2.45, 2.75) is 18.6 Å². The van der Waals surface area contributed by atoms with Crippen LogP contribution in [-0.4, -0.2) is 93.2 Å². The van der Waals surface area contributed by atoms with Crippen LogP contribution in [0.5, 0.6) is 11.5 Å². The predicted molar refractivity (Wildman–Crippen MR) is 164 cm³/mol. The summed E-state index contributed by atoms with van der Waals surface area (Å²) in [5.41, 5.74) is 0.451. The molecule has 1 aromatic heterocycles. The van der Waals surface area contributed by atoms with Crippen molar-refractivity contribution in [1.82, 2.24) is 14.8 Å². The highest BCUT2D eigenvalue weighted by Gasteiger charge is 2.48. The first-order valence-electron chi connectivity index (χ1n) is 13.6. The van der Waals surface area contributed by atoms with E-state index in [1.165, 1.54) is 54.3 Å². The molecule has 3 heterocycles. The van der Waals surface area contributed by atoms with Gasteiger partial charge in [-0.25, -0.2) is 9.37 Å². The van der Waals surface area contributed by atoms with E-state index in [0.29, 0.717) is 15.1 Å². The smallest absolute Gasteiger partial charge is 0.387 e. The average Bonchev–Trinajstić information content (AvgIpc) is 3.32. The highest BCUT2D eigenvalue weighted by Crippen LogP contribution is 2.39. The van der Waals surface area contributed by atoms with E-state index in [1.54, 1.807) is 12.1 Å². The summed E-state index contributed by atoms with van der Waals surface area (Å²) in [4.78, 5) is 39.7. The monoisotopic (exact) mass is 709 g/mol. The van der Waals surface area contributed by atoms with Gasteiger partial charge in [0.05, 0.1) is 7.11 Å². The number of carbonyl (C=O) groups is 2. The molecule has 2 fully saturated rings. The number of carbonyl (C=O) groups excluding carboxylic acids is 2. The molecule has 2 aliphatic heterocycles. The molecule has 2 aromatic carbocycles. The maximum Gasteiger partial charge on any atom is 0.387 e. The zero-order valence-corrected chi connectivity index (χ0v) is 26.0. The van der Waals surface area contributed by atoms with Gasteiger partial charge in [-0.1, -0.05) is 6.07 Å². The maximum atomic E-state index is 15.6. The zero-order chi connectivity index (χ0) is 30.8. The molecule has 5 rings (SSSR count). The van der Waals surface area contributed by atoms with Gasteiger partial charge in [0.15, 0.2) is 0 Å². The van der Waals surface area contributed by atoms with E-state index in [2.05, 4.69) is 21.6 Å². The minimum atomic E-state index is -3.00. The van der Waals surface area contributed by atoms with Gasteiger partial charge in [-0.15, -0.1) is 0 Å². The molecular weight excluding hydrogens is 678 g/mol. The van der Waals surface area contributed by atoms with Crippen LogP contribution >= 0.6 is 22.6 Å². The Morgan fingerprint density at radius 2 is 1.72 bits per heavy atom. The fraction of sp³-hybridized carbons (Fsp3) is 0.367. The lowest BCUT2D eigenvalue weighted by Crippen LogP contribution is -2.45. The van der Waals surface area contributed by atoms with Crippen LogP contribution in [0.15, 0.2) is 54.6 Å². The normalized spacial score (nSPS) is 19.2. The van der Waals surface area contributed by atoms with E-state index >= 15 is 4.39 Å². The van der Waals surface area contributed by atoms with E-state index < -0.39 is 36.2 Å². The van der Waals surface area contributed by atoms with Gasteiger partial charge < -0.3 is 24.2 Å². The number of pyridine rings is 1. The van der Waals surface area contributed by atoms with Crippen LogP contribution in [0.1, 0.15) is 21.8 Å². The molecule has 2 aliphatic rings. The van der Waals surface area contributed by atoms with Gasteiger partial charge in [0, 0.05) is 66.5 Å². The van der Waals surface area contributed by atoms with E-state index in [1.807, 2.05) is 34.7 Å². The van der Waals surface area contributed by atoms with Crippen molar-refractivity contribution in [2.24, 2.45) is 0 Å². The Morgan fingerprint density at radius 3 is 2.35 bits per heavy atom. The molecule has 2 atom stereocenters. The molecule has 0 saturated carbocycles. The molecule has 228 valence electrons. The van der Waals surface area contributed by atoms with Crippen molar-refractivity contribution in [3.8, 4) is 11.5 Å². The average molecular weight is 710 g/mol. The number of ether oxygens (including phenoxy) is 2. The molecule has 0 bridgehead atoms. The van der Waals surface area contributed by atoms with Crippen molar-refractivity contribution in [3.63, 3.8) is 0 Å². The number of rotatable bonds is 8. The van der Waals surface area contributed by atoms with Crippen LogP contribution < -0.4 is 19.3 Å². The van der Waals surface area contributed by atoms with Crippen molar-refractivity contribution in [2.75, 3.05) is 63.7 Å². The second-order valence-electron chi connectivity index (χ2n) is 10.5. The number of amides is 2. The first-order valence-corrected chi connectivity index (χ1v) is 14.7. The summed E-state index contributed by atoms with van der Waals surface area (Å²) in [5.74, 6) is -0.857. The fourth-order valence-corrected chi connectivity index (χ4v) is 6.49. The van der Waals surface area contributed by atoms with E-state index in [9.17, 15) is 18.4 Å². The molecule has 0 spiro atoms. The Kier molecular flexibility index (Phi) is 9.30. The molecule has 0 N–H and O–H groups in total. The number of methoxy groups -OCH3 is 1. The molecule has 2 amide bonds. The van der Waals surface area contributed by atoms with Crippen molar-refractivity contribution in [3.05, 3.63) is 75.1 Å². The lowest BCUT2D eigenvalue weighted by Gasteiger charge is -2.33. The third-order valence-corrected chi connectivity index (χ3v) is 8.72.